The van der Waals surface area contributed by atoms with Crippen molar-refractivity contribution in [1.29, 1.82) is 0 Å². The molecule has 0 amide bonds. The first-order chi connectivity index (χ1) is 4.59. The Hall–Kier alpha value is -0.280. The Bertz CT molecular complexity index is 132. The highest BCUT2D eigenvalue weighted by atomic mass is 35.5. The lowest BCUT2D eigenvalue weighted by atomic mass is 10.1. The van der Waals surface area contributed by atoms with Crippen LogP contribution in [0.5, 0.6) is 0 Å². The molecule has 1 N–H and O–H groups in total. The summed E-state index contributed by atoms with van der Waals surface area (Å²) in [5.74, 6) is -2.25. The van der Waals surface area contributed by atoms with Crippen molar-refractivity contribution in [2.24, 2.45) is 5.92 Å². The molecule has 10 heavy (non-hydrogen) atoms. The van der Waals surface area contributed by atoms with Crippen LogP contribution in [0.4, 0.5) is 0 Å². The van der Waals surface area contributed by atoms with Crippen LogP contribution in [-0.4, -0.2) is 22.2 Å². The summed E-state index contributed by atoms with van der Waals surface area (Å²) in [6, 6.07) is 0. The molecule has 0 saturated heterocycles. The van der Waals surface area contributed by atoms with E-state index in [-0.39, 0.29) is 12.3 Å². The van der Waals surface area contributed by atoms with Crippen LogP contribution >= 0.6 is 23.2 Å². The Morgan fingerprint density at radius 3 is 2.10 bits per heavy atom. The third-order valence-electron chi connectivity index (χ3n) is 0.970. The molecular formula is C5H6Cl2O3. The number of alkyl halides is 1. The molecule has 0 bridgehead atoms. The van der Waals surface area contributed by atoms with Gasteiger partial charge in [0.1, 0.15) is 5.92 Å². The van der Waals surface area contributed by atoms with Gasteiger partial charge in [-0.1, -0.05) is 0 Å². The molecule has 5 heteroatoms. The quantitative estimate of drug-likeness (QED) is 0.405. The summed E-state index contributed by atoms with van der Waals surface area (Å²) < 4.78 is 0. The molecule has 0 aliphatic carbocycles. The number of carboxylic acids is 1. The summed E-state index contributed by atoms with van der Waals surface area (Å²) in [5.41, 5.74) is 0. The Morgan fingerprint density at radius 1 is 1.50 bits per heavy atom. The van der Waals surface area contributed by atoms with Crippen molar-refractivity contribution in [2.45, 2.75) is 6.42 Å². The number of rotatable bonds is 4. The normalized spacial score (nSPS) is 12.6. The molecule has 0 rings (SSSR count). The summed E-state index contributed by atoms with van der Waals surface area (Å²) in [5, 5.41) is 7.44. The molecular weight excluding hydrogens is 179 g/mol. The fraction of sp³-hybridized carbons (Fsp3) is 0.600. The Morgan fingerprint density at radius 2 is 2.00 bits per heavy atom. The smallest absolute Gasteiger partial charge is 0.315 e. The van der Waals surface area contributed by atoms with Crippen LogP contribution in [0, 0.1) is 5.92 Å². The fourth-order valence-electron chi connectivity index (χ4n) is 0.443. The molecule has 3 nitrogen and oxygen atoms in total. The van der Waals surface area contributed by atoms with Gasteiger partial charge in [0, 0.05) is 5.88 Å². The molecule has 0 saturated carbocycles. The summed E-state index contributed by atoms with van der Waals surface area (Å²) in [6.45, 7) is 0. The second-order valence-corrected chi connectivity index (χ2v) is 2.42. The van der Waals surface area contributed by atoms with Gasteiger partial charge < -0.3 is 5.11 Å². The van der Waals surface area contributed by atoms with Crippen molar-refractivity contribution in [3.63, 3.8) is 0 Å². The Kier molecular flexibility index (Phi) is 4.40. The van der Waals surface area contributed by atoms with Gasteiger partial charge in [-0.25, -0.2) is 0 Å². The SMILES string of the molecule is O=C(O)C(CCCl)C(=O)Cl. The van der Waals surface area contributed by atoms with Gasteiger partial charge in [-0.05, 0) is 18.0 Å². The Balaban J connectivity index is 3.98. The van der Waals surface area contributed by atoms with Gasteiger partial charge in [-0.3, -0.25) is 9.59 Å². The first-order valence-corrected chi connectivity index (χ1v) is 3.49. The van der Waals surface area contributed by atoms with Gasteiger partial charge in [0.15, 0.2) is 0 Å². The summed E-state index contributed by atoms with van der Waals surface area (Å²) >= 11 is 10.1. The molecule has 0 aromatic carbocycles. The van der Waals surface area contributed by atoms with Gasteiger partial charge in [0.2, 0.25) is 5.24 Å². The van der Waals surface area contributed by atoms with Crippen LogP contribution in [0.3, 0.4) is 0 Å². The molecule has 0 heterocycles. The summed E-state index contributed by atoms with van der Waals surface area (Å²) in [7, 11) is 0. The maximum absolute atomic E-state index is 10.3. The lowest BCUT2D eigenvalue weighted by Crippen LogP contribution is -2.20. The molecule has 0 spiro atoms. The van der Waals surface area contributed by atoms with Gasteiger partial charge in [-0.15, -0.1) is 11.6 Å². The average molecular weight is 185 g/mol. The number of hydrogen-bond acceptors (Lipinski definition) is 2. The van der Waals surface area contributed by atoms with Gasteiger partial charge in [0.05, 0.1) is 0 Å². The molecule has 0 aliphatic rings. The van der Waals surface area contributed by atoms with E-state index in [9.17, 15) is 9.59 Å². The number of aliphatic carboxylic acids is 1. The van der Waals surface area contributed by atoms with E-state index < -0.39 is 17.1 Å². The van der Waals surface area contributed by atoms with E-state index in [0.29, 0.717) is 0 Å². The molecule has 1 atom stereocenters. The van der Waals surface area contributed by atoms with Crippen LogP contribution < -0.4 is 0 Å². The third kappa shape index (κ3) is 3.03. The summed E-state index contributed by atoms with van der Waals surface area (Å²) in [4.78, 5) is 20.5. The van der Waals surface area contributed by atoms with Crippen molar-refractivity contribution in [3.05, 3.63) is 0 Å². The van der Waals surface area contributed by atoms with Crippen LogP contribution in [0.25, 0.3) is 0 Å². The first kappa shape index (κ1) is 9.72. The minimum Gasteiger partial charge on any atom is -0.481 e. The van der Waals surface area contributed by atoms with E-state index in [2.05, 4.69) is 0 Å². The van der Waals surface area contributed by atoms with E-state index in [1.165, 1.54) is 0 Å². The predicted octanol–water partition coefficient (Wildman–Crippen LogP) is 1.08. The van der Waals surface area contributed by atoms with Gasteiger partial charge >= 0.3 is 5.97 Å². The zero-order valence-corrected chi connectivity index (χ0v) is 6.52. The van der Waals surface area contributed by atoms with Crippen molar-refractivity contribution < 1.29 is 14.7 Å². The van der Waals surface area contributed by atoms with Crippen LogP contribution in [0.2, 0.25) is 0 Å². The van der Waals surface area contributed by atoms with E-state index in [1.54, 1.807) is 0 Å². The minimum atomic E-state index is -1.22. The molecule has 1 unspecified atom stereocenters. The highest BCUT2D eigenvalue weighted by Crippen LogP contribution is 2.08. The van der Waals surface area contributed by atoms with Crippen LogP contribution in [0.15, 0.2) is 0 Å². The van der Waals surface area contributed by atoms with E-state index in [0.717, 1.165) is 0 Å². The van der Waals surface area contributed by atoms with Crippen LogP contribution in [-0.2, 0) is 9.59 Å². The van der Waals surface area contributed by atoms with Crippen molar-refractivity contribution in [2.75, 3.05) is 5.88 Å². The molecule has 0 aromatic rings. The molecule has 0 fully saturated rings. The second-order valence-electron chi connectivity index (χ2n) is 1.67. The highest BCUT2D eigenvalue weighted by Gasteiger charge is 2.23. The number of hydrogen-bond donors (Lipinski definition) is 1. The zero-order chi connectivity index (χ0) is 8.15. The van der Waals surface area contributed by atoms with Crippen molar-refractivity contribution >= 4 is 34.4 Å². The van der Waals surface area contributed by atoms with Crippen molar-refractivity contribution in [1.82, 2.24) is 0 Å². The molecule has 58 valence electrons. The Labute approximate surface area is 67.9 Å². The monoisotopic (exact) mass is 184 g/mol. The number of carbonyl (C=O) groups excluding carboxylic acids is 1. The van der Waals surface area contributed by atoms with Crippen molar-refractivity contribution in [3.8, 4) is 0 Å². The second kappa shape index (κ2) is 4.52. The highest BCUT2D eigenvalue weighted by molar-refractivity contribution is 6.65. The molecule has 0 aromatic heterocycles. The molecule has 0 aliphatic heterocycles. The van der Waals surface area contributed by atoms with E-state index >= 15 is 0 Å². The number of carbonyl (C=O) groups is 2. The van der Waals surface area contributed by atoms with Crippen LogP contribution in [0.1, 0.15) is 6.42 Å². The largest absolute Gasteiger partial charge is 0.481 e. The fourth-order valence-corrected chi connectivity index (χ4v) is 0.864. The van der Waals surface area contributed by atoms with Gasteiger partial charge in [-0.2, -0.15) is 0 Å². The standard InChI is InChI=1S/C5H6Cl2O3/c6-2-1-3(4(7)8)5(9)10/h3H,1-2H2,(H,9,10). The zero-order valence-electron chi connectivity index (χ0n) is 5.01. The third-order valence-corrected chi connectivity index (χ3v) is 1.45. The van der Waals surface area contributed by atoms with Gasteiger partial charge in [0.25, 0.3) is 0 Å². The topological polar surface area (TPSA) is 54.4 Å². The predicted molar refractivity (Wildman–Crippen MR) is 37.3 cm³/mol. The lowest BCUT2D eigenvalue weighted by Gasteiger charge is -2.02. The number of halogens is 2. The molecule has 0 radical (unpaired) electrons. The number of carboxylic acid groups (broad SMARTS) is 1. The lowest BCUT2D eigenvalue weighted by molar-refractivity contribution is -0.144. The average Bonchev–Trinajstić information content (AvgIpc) is 1.81. The summed E-state index contributed by atoms with van der Waals surface area (Å²) in [6.07, 6.45) is 0.0826. The maximum Gasteiger partial charge on any atom is 0.315 e. The first-order valence-electron chi connectivity index (χ1n) is 2.57. The minimum absolute atomic E-state index is 0.0826. The maximum atomic E-state index is 10.3. The van der Waals surface area contributed by atoms with E-state index in [1.807, 2.05) is 0 Å². The van der Waals surface area contributed by atoms with E-state index in [4.69, 9.17) is 28.3 Å².